The number of rotatable bonds is 3. The average Bonchev–Trinajstić information content (AvgIpc) is 2.39. The molecule has 0 fully saturated rings. The van der Waals surface area contributed by atoms with Crippen LogP contribution in [0.5, 0.6) is 0 Å². The molecule has 1 heterocycles. The van der Waals surface area contributed by atoms with Crippen LogP contribution in [0.15, 0.2) is 12.5 Å². The van der Waals surface area contributed by atoms with Crippen LogP contribution >= 0.6 is 0 Å². The molecule has 4 heteroatoms. The smallest absolute Gasteiger partial charge is 0.0921 e. The van der Waals surface area contributed by atoms with E-state index in [1.54, 1.807) is 13.1 Å². The molecular formula is C7H9N2O2-. The fraction of sp³-hybridized carbons (Fsp3) is 0.429. The predicted octanol–water partition coefficient (Wildman–Crippen LogP) is -0.662. The number of aliphatic carboxylic acids is 1. The Morgan fingerprint density at radius 1 is 1.91 bits per heavy atom. The van der Waals surface area contributed by atoms with Gasteiger partial charge in [0.25, 0.3) is 0 Å². The Bertz CT molecular complexity index is 231. The highest BCUT2D eigenvalue weighted by molar-refractivity contribution is 5.67. The molecule has 1 N–H and O–H groups in total. The minimum Gasteiger partial charge on any atom is -0.550 e. The summed E-state index contributed by atoms with van der Waals surface area (Å²) in [5.41, 5.74) is 0.821. The minimum atomic E-state index is -1.03. The van der Waals surface area contributed by atoms with Crippen molar-refractivity contribution in [2.24, 2.45) is 5.92 Å². The van der Waals surface area contributed by atoms with Crippen molar-refractivity contribution in [3.05, 3.63) is 18.2 Å². The number of hydrogen-bond donors (Lipinski definition) is 1. The van der Waals surface area contributed by atoms with Crippen molar-refractivity contribution in [3.63, 3.8) is 0 Å². The number of carbonyl (C=O) groups excluding carboxylic acids is 1. The predicted molar refractivity (Wildman–Crippen MR) is 36.5 cm³/mol. The fourth-order valence-electron chi connectivity index (χ4n) is 0.810. The zero-order valence-corrected chi connectivity index (χ0v) is 6.20. The van der Waals surface area contributed by atoms with Crippen LogP contribution < -0.4 is 5.11 Å². The maximum absolute atomic E-state index is 10.3. The first kappa shape index (κ1) is 7.78. The molecule has 0 aliphatic rings. The van der Waals surface area contributed by atoms with Crippen LogP contribution in [-0.4, -0.2) is 15.9 Å². The van der Waals surface area contributed by atoms with Gasteiger partial charge < -0.3 is 14.9 Å². The number of nitrogens with one attached hydrogen (secondary N) is 1. The van der Waals surface area contributed by atoms with Gasteiger partial charge >= 0.3 is 0 Å². The molecule has 0 aliphatic heterocycles. The molecule has 0 radical (unpaired) electrons. The van der Waals surface area contributed by atoms with Gasteiger partial charge in [-0.2, -0.15) is 0 Å². The second kappa shape index (κ2) is 3.18. The Hall–Kier alpha value is -1.32. The zero-order chi connectivity index (χ0) is 8.27. The number of imidazole rings is 1. The van der Waals surface area contributed by atoms with E-state index in [1.807, 2.05) is 0 Å². The van der Waals surface area contributed by atoms with Gasteiger partial charge in [-0.1, -0.05) is 6.92 Å². The third-order valence-electron chi connectivity index (χ3n) is 1.48. The molecule has 1 atom stereocenters. The van der Waals surface area contributed by atoms with Crippen molar-refractivity contribution in [1.29, 1.82) is 0 Å². The van der Waals surface area contributed by atoms with Crippen LogP contribution in [0.1, 0.15) is 12.6 Å². The molecule has 0 amide bonds. The van der Waals surface area contributed by atoms with E-state index in [0.717, 1.165) is 5.69 Å². The Kier molecular flexibility index (Phi) is 2.25. The van der Waals surface area contributed by atoms with Crippen LogP contribution in [-0.2, 0) is 11.2 Å². The number of carboxylic acid groups (broad SMARTS) is 1. The first-order valence-electron chi connectivity index (χ1n) is 3.38. The lowest BCUT2D eigenvalue weighted by Crippen LogP contribution is -2.30. The van der Waals surface area contributed by atoms with Crippen LogP contribution in [0.4, 0.5) is 0 Å². The van der Waals surface area contributed by atoms with Crippen LogP contribution in [0.3, 0.4) is 0 Å². The topological polar surface area (TPSA) is 68.8 Å². The van der Waals surface area contributed by atoms with Crippen molar-refractivity contribution >= 4 is 5.97 Å². The van der Waals surface area contributed by atoms with E-state index in [2.05, 4.69) is 9.97 Å². The number of hydrogen-bond acceptors (Lipinski definition) is 3. The van der Waals surface area contributed by atoms with E-state index in [-0.39, 0.29) is 0 Å². The van der Waals surface area contributed by atoms with Gasteiger partial charge in [0, 0.05) is 23.8 Å². The van der Waals surface area contributed by atoms with Gasteiger partial charge in [-0.3, -0.25) is 0 Å². The van der Waals surface area contributed by atoms with E-state index >= 15 is 0 Å². The average molecular weight is 153 g/mol. The SMILES string of the molecule is CC(Cc1cnc[nH]1)C(=O)[O-]. The van der Waals surface area contributed by atoms with Crippen molar-refractivity contribution in [2.75, 3.05) is 0 Å². The Morgan fingerprint density at radius 3 is 3.09 bits per heavy atom. The summed E-state index contributed by atoms with van der Waals surface area (Å²) in [5, 5.41) is 10.3. The highest BCUT2D eigenvalue weighted by atomic mass is 16.4. The lowest BCUT2D eigenvalue weighted by molar-refractivity contribution is -0.310. The lowest BCUT2D eigenvalue weighted by Gasteiger charge is -2.09. The summed E-state index contributed by atoms with van der Waals surface area (Å²) in [6.07, 6.45) is 3.58. The Labute approximate surface area is 64.3 Å². The van der Waals surface area contributed by atoms with Gasteiger partial charge in [-0.25, -0.2) is 4.98 Å². The Balaban J connectivity index is 2.50. The van der Waals surface area contributed by atoms with Crippen LogP contribution in [0, 0.1) is 5.92 Å². The summed E-state index contributed by atoms with van der Waals surface area (Å²) >= 11 is 0. The maximum Gasteiger partial charge on any atom is 0.0921 e. The van der Waals surface area contributed by atoms with E-state index < -0.39 is 11.9 Å². The quantitative estimate of drug-likeness (QED) is 0.626. The Morgan fingerprint density at radius 2 is 2.64 bits per heavy atom. The molecule has 0 spiro atoms. The van der Waals surface area contributed by atoms with E-state index in [9.17, 15) is 9.90 Å². The molecule has 0 aliphatic carbocycles. The minimum absolute atomic E-state index is 0.447. The van der Waals surface area contributed by atoms with E-state index in [1.165, 1.54) is 6.33 Å². The monoisotopic (exact) mass is 153 g/mol. The summed E-state index contributed by atoms with van der Waals surface area (Å²) in [6, 6.07) is 0. The van der Waals surface area contributed by atoms with Crippen LogP contribution in [0.25, 0.3) is 0 Å². The summed E-state index contributed by atoms with van der Waals surface area (Å²) < 4.78 is 0. The third kappa shape index (κ3) is 2.07. The number of H-pyrrole nitrogens is 1. The second-order valence-corrected chi connectivity index (χ2v) is 2.50. The molecule has 0 aromatic carbocycles. The molecule has 0 bridgehead atoms. The molecule has 1 aromatic heterocycles. The van der Waals surface area contributed by atoms with Gasteiger partial charge in [0.2, 0.25) is 0 Å². The zero-order valence-electron chi connectivity index (χ0n) is 6.20. The van der Waals surface area contributed by atoms with Gasteiger partial charge in [-0.05, 0) is 6.42 Å². The number of aromatic amines is 1. The normalized spacial score (nSPS) is 12.8. The third-order valence-corrected chi connectivity index (χ3v) is 1.48. The molecule has 60 valence electrons. The van der Waals surface area contributed by atoms with Crippen molar-refractivity contribution in [2.45, 2.75) is 13.3 Å². The maximum atomic E-state index is 10.3. The molecule has 11 heavy (non-hydrogen) atoms. The van der Waals surface area contributed by atoms with Crippen molar-refractivity contribution < 1.29 is 9.90 Å². The number of aromatic nitrogens is 2. The van der Waals surface area contributed by atoms with Crippen molar-refractivity contribution in [3.8, 4) is 0 Å². The van der Waals surface area contributed by atoms with Crippen molar-refractivity contribution in [1.82, 2.24) is 9.97 Å². The molecule has 1 rings (SSSR count). The van der Waals surface area contributed by atoms with Gasteiger partial charge in [-0.15, -0.1) is 0 Å². The van der Waals surface area contributed by atoms with Crippen LogP contribution in [0.2, 0.25) is 0 Å². The summed E-state index contributed by atoms with van der Waals surface area (Å²) in [6.45, 7) is 1.61. The van der Waals surface area contributed by atoms with Gasteiger partial charge in [0.05, 0.1) is 6.33 Å². The molecule has 1 unspecified atom stereocenters. The summed E-state index contributed by atoms with van der Waals surface area (Å²) in [4.78, 5) is 16.9. The first-order valence-corrected chi connectivity index (χ1v) is 3.38. The summed E-state index contributed by atoms with van der Waals surface area (Å²) in [5.74, 6) is -1.49. The first-order chi connectivity index (χ1) is 5.20. The second-order valence-electron chi connectivity index (χ2n) is 2.50. The molecular weight excluding hydrogens is 144 g/mol. The largest absolute Gasteiger partial charge is 0.550 e. The molecule has 4 nitrogen and oxygen atoms in total. The van der Waals surface area contributed by atoms with E-state index in [0.29, 0.717) is 6.42 Å². The molecule has 1 aromatic rings. The number of nitrogens with zero attached hydrogens (tertiary/aromatic N) is 1. The van der Waals surface area contributed by atoms with Gasteiger partial charge in [0.1, 0.15) is 0 Å². The molecule has 0 saturated carbocycles. The highest BCUT2D eigenvalue weighted by Crippen LogP contribution is 2.02. The fourth-order valence-corrected chi connectivity index (χ4v) is 0.810. The lowest BCUT2D eigenvalue weighted by atomic mass is 10.1. The number of carboxylic acids is 1. The summed E-state index contributed by atoms with van der Waals surface area (Å²) in [7, 11) is 0. The van der Waals surface area contributed by atoms with E-state index in [4.69, 9.17) is 0 Å². The molecule has 0 saturated heterocycles. The number of carbonyl (C=O) groups is 1. The standard InChI is InChI=1S/C7H10N2O2/c1-5(7(10)11)2-6-3-8-4-9-6/h3-5H,2H2,1H3,(H,8,9)(H,10,11)/p-1. The van der Waals surface area contributed by atoms with Gasteiger partial charge in [0.15, 0.2) is 0 Å². The highest BCUT2D eigenvalue weighted by Gasteiger charge is 2.04.